The monoisotopic (exact) mass is 430 g/mol. The Hall–Kier alpha value is -2.32. The highest BCUT2D eigenvalue weighted by Crippen LogP contribution is 2.35. The number of benzene rings is 4. The summed E-state index contributed by atoms with van der Waals surface area (Å²) in [6.07, 6.45) is 3.36. The van der Waals surface area contributed by atoms with Crippen LogP contribution in [0.3, 0.4) is 0 Å². The molecule has 0 aliphatic heterocycles. The molecule has 4 aromatic carbocycles. The van der Waals surface area contributed by atoms with Crippen LogP contribution in [0.25, 0.3) is 21.5 Å². The fourth-order valence-corrected chi connectivity index (χ4v) is 4.83. The molecule has 1 aliphatic rings. The molecule has 0 saturated carbocycles. The Morgan fingerprint density at radius 1 is 0.857 bits per heavy atom. The molecule has 0 spiro atoms. The number of fused-ring (bicyclic) bond motifs is 5. The van der Waals surface area contributed by atoms with Crippen molar-refractivity contribution in [3.8, 4) is 5.75 Å². The SMILES string of the molecule is Cc1cc(OC2CCc3c(ccc4c3ccc3ccccc34)C2)cc(C)c1Br. The maximum Gasteiger partial charge on any atom is 0.120 e. The Bertz CT molecular complexity index is 1180. The second-order valence-electron chi connectivity index (χ2n) is 7.94. The zero-order valence-corrected chi connectivity index (χ0v) is 17.8. The van der Waals surface area contributed by atoms with E-state index in [9.17, 15) is 0 Å². The van der Waals surface area contributed by atoms with E-state index in [1.54, 1.807) is 0 Å². The first-order chi connectivity index (χ1) is 13.6. The average molecular weight is 431 g/mol. The molecule has 0 radical (unpaired) electrons. The van der Waals surface area contributed by atoms with Crippen molar-refractivity contribution in [1.29, 1.82) is 0 Å². The van der Waals surface area contributed by atoms with Gasteiger partial charge >= 0.3 is 0 Å². The van der Waals surface area contributed by atoms with E-state index < -0.39 is 0 Å². The van der Waals surface area contributed by atoms with Gasteiger partial charge in [0.05, 0.1) is 0 Å². The molecule has 1 aliphatic carbocycles. The molecule has 0 fully saturated rings. The highest BCUT2D eigenvalue weighted by molar-refractivity contribution is 9.10. The summed E-state index contributed by atoms with van der Waals surface area (Å²) in [5.74, 6) is 0.985. The molecule has 140 valence electrons. The quantitative estimate of drug-likeness (QED) is 0.303. The lowest BCUT2D eigenvalue weighted by Crippen LogP contribution is -2.25. The third kappa shape index (κ3) is 3.00. The van der Waals surface area contributed by atoms with Crippen molar-refractivity contribution in [1.82, 2.24) is 0 Å². The molecule has 0 heterocycles. The van der Waals surface area contributed by atoms with Gasteiger partial charge in [0.15, 0.2) is 0 Å². The fraction of sp³-hybridized carbons (Fsp3) is 0.231. The van der Waals surface area contributed by atoms with E-state index in [0.717, 1.165) is 25.0 Å². The van der Waals surface area contributed by atoms with Gasteiger partial charge in [0.1, 0.15) is 11.9 Å². The van der Waals surface area contributed by atoms with Crippen LogP contribution in [0.5, 0.6) is 5.75 Å². The van der Waals surface area contributed by atoms with Gasteiger partial charge in [-0.2, -0.15) is 0 Å². The van der Waals surface area contributed by atoms with Crippen LogP contribution >= 0.6 is 15.9 Å². The molecule has 28 heavy (non-hydrogen) atoms. The Morgan fingerprint density at radius 3 is 2.43 bits per heavy atom. The first-order valence-corrected chi connectivity index (χ1v) is 10.7. The molecule has 2 heteroatoms. The Kier molecular flexibility index (Phi) is 4.40. The summed E-state index contributed by atoms with van der Waals surface area (Å²) in [5.41, 5.74) is 5.39. The lowest BCUT2D eigenvalue weighted by atomic mass is 9.85. The van der Waals surface area contributed by atoms with Crippen LogP contribution < -0.4 is 4.74 Å². The van der Waals surface area contributed by atoms with Crippen LogP contribution in [-0.2, 0) is 12.8 Å². The minimum absolute atomic E-state index is 0.241. The standard InChI is InChI=1S/C26H23BrO/c1-16-13-21(14-17(2)26(16)27)28-20-9-12-23-19(15-20)8-11-24-22-6-4-3-5-18(22)7-10-25(23)24/h3-8,10-11,13-14,20H,9,12,15H2,1-2H3. The van der Waals surface area contributed by atoms with Crippen molar-refractivity contribution in [2.24, 2.45) is 0 Å². The van der Waals surface area contributed by atoms with Crippen LogP contribution in [0, 0.1) is 13.8 Å². The predicted molar refractivity (Wildman–Crippen MR) is 122 cm³/mol. The molecule has 5 rings (SSSR count). The first kappa shape index (κ1) is 17.8. The molecule has 0 bridgehead atoms. The topological polar surface area (TPSA) is 9.23 Å². The number of aryl methyl sites for hydroxylation is 3. The van der Waals surface area contributed by atoms with Crippen molar-refractivity contribution in [3.05, 3.63) is 87.4 Å². The van der Waals surface area contributed by atoms with E-state index >= 15 is 0 Å². The number of ether oxygens (including phenoxy) is 1. The molecule has 0 aromatic heterocycles. The van der Waals surface area contributed by atoms with E-state index in [4.69, 9.17) is 4.74 Å². The molecular formula is C26H23BrO. The molecular weight excluding hydrogens is 408 g/mol. The van der Waals surface area contributed by atoms with E-state index in [2.05, 4.69) is 90.4 Å². The van der Waals surface area contributed by atoms with E-state index in [1.165, 1.54) is 48.3 Å². The second-order valence-corrected chi connectivity index (χ2v) is 8.73. The van der Waals surface area contributed by atoms with Crippen LogP contribution in [0.4, 0.5) is 0 Å². The summed E-state index contributed by atoms with van der Waals surface area (Å²) < 4.78 is 7.56. The van der Waals surface area contributed by atoms with Crippen LogP contribution in [-0.4, -0.2) is 6.10 Å². The minimum atomic E-state index is 0.241. The van der Waals surface area contributed by atoms with Crippen molar-refractivity contribution < 1.29 is 4.74 Å². The van der Waals surface area contributed by atoms with Gasteiger partial charge in [-0.05, 0) is 82.6 Å². The van der Waals surface area contributed by atoms with Gasteiger partial charge in [-0.3, -0.25) is 0 Å². The summed E-state index contributed by atoms with van der Waals surface area (Å²) >= 11 is 3.64. The summed E-state index contributed by atoms with van der Waals surface area (Å²) in [5, 5.41) is 5.44. The van der Waals surface area contributed by atoms with Gasteiger partial charge in [-0.15, -0.1) is 0 Å². The molecule has 4 aromatic rings. The maximum absolute atomic E-state index is 6.39. The predicted octanol–water partition coefficient (Wildman–Crippen LogP) is 7.31. The number of halogens is 1. The largest absolute Gasteiger partial charge is 0.490 e. The average Bonchev–Trinajstić information content (AvgIpc) is 2.71. The van der Waals surface area contributed by atoms with Gasteiger partial charge < -0.3 is 4.74 Å². The van der Waals surface area contributed by atoms with Crippen LogP contribution in [0.1, 0.15) is 28.7 Å². The molecule has 1 unspecified atom stereocenters. The Labute approximate surface area is 174 Å². The summed E-state index contributed by atoms with van der Waals surface area (Å²) in [6.45, 7) is 4.24. The normalized spacial score (nSPS) is 16.3. The Morgan fingerprint density at radius 2 is 1.61 bits per heavy atom. The van der Waals surface area contributed by atoms with E-state index in [1.807, 2.05) is 0 Å². The fourth-order valence-electron chi connectivity index (χ4n) is 4.60. The minimum Gasteiger partial charge on any atom is -0.490 e. The number of hydrogen-bond acceptors (Lipinski definition) is 1. The van der Waals surface area contributed by atoms with Crippen LogP contribution in [0.15, 0.2) is 65.1 Å². The molecule has 0 N–H and O–H groups in total. The molecule has 0 saturated heterocycles. The first-order valence-electron chi connectivity index (χ1n) is 9.96. The highest BCUT2D eigenvalue weighted by Gasteiger charge is 2.22. The van der Waals surface area contributed by atoms with Crippen molar-refractivity contribution in [2.75, 3.05) is 0 Å². The van der Waals surface area contributed by atoms with E-state index in [-0.39, 0.29) is 6.10 Å². The molecule has 1 atom stereocenters. The van der Waals surface area contributed by atoms with Gasteiger partial charge in [-0.25, -0.2) is 0 Å². The number of rotatable bonds is 2. The van der Waals surface area contributed by atoms with Crippen molar-refractivity contribution >= 4 is 37.5 Å². The summed E-state index contributed by atoms with van der Waals surface area (Å²) in [7, 11) is 0. The van der Waals surface area contributed by atoms with Crippen LogP contribution in [0.2, 0.25) is 0 Å². The zero-order valence-electron chi connectivity index (χ0n) is 16.3. The summed E-state index contributed by atoms with van der Waals surface area (Å²) in [6, 6.07) is 22.1. The lowest BCUT2D eigenvalue weighted by Gasteiger charge is -2.27. The van der Waals surface area contributed by atoms with E-state index in [0.29, 0.717) is 0 Å². The van der Waals surface area contributed by atoms with Gasteiger partial charge in [0.2, 0.25) is 0 Å². The smallest absolute Gasteiger partial charge is 0.120 e. The molecule has 1 nitrogen and oxygen atoms in total. The zero-order chi connectivity index (χ0) is 19.3. The van der Waals surface area contributed by atoms with Gasteiger partial charge in [0, 0.05) is 10.9 Å². The van der Waals surface area contributed by atoms with Crippen molar-refractivity contribution in [3.63, 3.8) is 0 Å². The second kappa shape index (κ2) is 6.93. The third-order valence-corrected chi connectivity index (χ3v) is 7.26. The maximum atomic E-state index is 6.39. The molecule has 0 amide bonds. The highest BCUT2D eigenvalue weighted by atomic mass is 79.9. The lowest BCUT2D eigenvalue weighted by molar-refractivity contribution is 0.185. The van der Waals surface area contributed by atoms with Gasteiger partial charge in [0.25, 0.3) is 0 Å². The number of hydrogen-bond donors (Lipinski definition) is 0. The third-order valence-electron chi connectivity index (χ3n) is 6.01. The summed E-state index contributed by atoms with van der Waals surface area (Å²) in [4.78, 5) is 0. The van der Waals surface area contributed by atoms with Crippen molar-refractivity contribution in [2.45, 2.75) is 39.2 Å². The Balaban J connectivity index is 1.48. The van der Waals surface area contributed by atoms with Gasteiger partial charge in [-0.1, -0.05) is 64.5 Å².